The maximum atomic E-state index is 9.24. The first-order chi connectivity index (χ1) is 37.6. The Bertz CT molecular complexity index is 3010. The molecule has 13 heteroatoms. The first-order valence-corrected chi connectivity index (χ1v) is 26.7. The van der Waals surface area contributed by atoms with Crippen LogP contribution in [0.15, 0.2) is 154 Å². The molecule has 13 nitrogen and oxygen atoms in total. The van der Waals surface area contributed by atoms with Crippen LogP contribution < -0.4 is 0 Å². The Morgan fingerprint density at radius 2 is 0.513 bits per heavy atom. The van der Waals surface area contributed by atoms with Crippen LogP contribution in [0.1, 0.15) is 176 Å². The molecule has 0 aliphatic rings. The van der Waals surface area contributed by atoms with E-state index in [1.54, 1.807) is 31.6 Å². The highest BCUT2D eigenvalue weighted by Crippen LogP contribution is 2.31. The second kappa shape index (κ2) is 29.0. The summed E-state index contributed by atoms with van der Waals surface area (Å²) < 4.78 is 0. The molecule has 0 aliphatic heterocycles. The third-order valence-corrected chi connectivity index (χ3v) is 15.5. The van der Waals surface area contributed by atoms with Gasteiger partial charge in [-0.15, -0.1) is 0 Å². The van der Waals surface area contributed by atoms with Gasteiger partial charge in [0.25, 0.3) is 0 Å². The average Bonchev–Trinajstić information content (AvgIpc) is 4.34. The highest BCUT2D eigenvalue weighted by Gasteiger charge is 2.17. The molecule has 0 aliphatic carbocycles. The molecule has 3 unspecified atom stereocenters. The summed E-state index contributed by atoms with van der Waals surface area (Å²) in [6, 6.07) is 31.0. The number of hydrogen-bond acceptors (Lipinski definition) is 8. The summed E-state index contributed by atoms with van der Waals surface area (Å²) in [6.45, 7) is 25.9. The lowest BCUT2D eigenvalue weighted by Crippen LogP contribution is -2.02. The van der Waals surface area contributed by atoms with E-state index in [9.17, 15) is 15.3 Å². The molecule has 0 fully saturated rings. The van der Waals surface area contributed by atoms with Gasteiger partial charge < -0.3 is 40.2 Å². The summed E-state index contributed by atoms with van der Waals surface area (Å²) in [6.07, 6.45) is 17.9. The number of aromatic nitrogens is 10. The van der Waals surface area contributed by atoms with Crippen LogP contribution in [-0.4, -0.2) is 65.2 Å². The number of aromatic amines is 5. The molecule has 0 amide bonds. The molecule has 5 aromatic heterocycles. The molecule has 10 aromatic rings. The van der Waals surface area contributed by atoms with Crippen molar-refractivity contribution < 1.29 is 15.3 Å². The maximum Gasteiger partial charge on any atom is 0.0921 e. The van der Waals surface area contributed by atoms with Crippen molar-refractivity contribution in [1.29, 1.82) is 0 Å². The van der Waals surface area contributed by atoms with E-state index in [1.165, 1.54) is 61.5 Å². The first kappa shape index (κ1) is 59.3. The third-order valence-electron chi connectivity index (χ3n) is 15.5. The zero-order valence-corrected chi connectivity index (χ0v) is 47.5. The predicted molar refractivity (Wildman–Crippen MR) is 314 cm³/mol. The fourth-order valence-corrected chi connectivity index (χ4v) is 9.87. The van der Waals surface area contributed by atoms with Gasteiger partial charge in [-0.05, 0) is 132 Å². The lowest BCUT2D eigenvalue weighted by molar-refractivity contribution is 0.280. The molecule has 5 heterocycles. The number of aliphatic hydroxyl groups is 3. The monoisotopic (exact) mass is 1050 g/mol. The zero-order chi connectivity index (χ0) is 56.3. The fourth-order valence-electron chi connectivity index (χ4n) is 9.87. The van der Waals surface area contributed by atoms with Crippen molar-refractivity contribution in [3.63, 3.8) is 0 Å². The molecule has 0 saturated heterocycles. The van der Waals surface area contributed by atoms with Crippen LogP contribution in [0.3, 0.4) is 0 Å². The Labute approximate surface area is 461 Å². The number of aryl methyl sites for hydroxylation is 2. The molecule has 0 saturated carbocycles. The number of rotatable bonds is 13. The van der Waals surface area contributed by atoms with E-state index in [1.807, 2.05) is 88.2 Å². The molecule has 10 rings (SSSR count). The molecule has 408 valence electrons. The number of benzene rings is 5. The topological polar surface area (TPSA) is 204 Å². The maximum absolute atomic E-state index is 9.24. The van der Waals surface area contributed by atoms with Crippen LogP contribution in [-0.2, 0) is 19.8 Å². The number of aliphatic hydroxyl groups excluding tert-OH is 3. The average molecular weight is 1050 g/mol. The zero-order valence-electron chi connectivity index (χ0n) is 47.5. The Kier molecular flexibility index (Phi) is 22.0. The summed E-state index contributed by atoms with van der Waals surface area (Å²) in [5.41, 5.74) is 24.0. The molecule has 78 heavy (non-hydrogen) atoms. The summed E-state index contributed by atoms with van der Waals surface area (Å²) in [5, 5.41) is 27.7. The van der Waals surface area contributed by atoms with Crippen molar-refractivity contribution >= 4 is 0 Å². The highest BCUT2D eigenvalue weighted by atomic mass is 16.3. The van der Waals surface area contributed by atoms with Crippen molar-refractivity contribution in [2.24, 2.45) is 0 Å². The Morgan fingerprint density at radius 1 is 0.308 bits per heavy atom. The van der Waals surface area contributed by atoms with E-state index < -0.39 is 0 Å². The van der Waals surface area contributed by atoms with Gasteiger partial charge in [0.1, 0.15) is 0 Å². The Balaban J connectivity index is 0.000000158. The minimum atomic E-state index is 0.0926. The second-order valence-electron chi connectivity index (χ2n) is 20.1. The van der Waals surface area contributed by atoms with Gasteiger partial charge in [0, 0.05) is 89.0 Å². The molecule has 0 spiro atoms. The fraction of sp³-hybridized carbons (Fsp3) is 0.308. The quantitative estimate of drug-likeness (QED) is 0.0557. The lowest BCUT2D eigenvalue weighted by atomic mass is 9.91. The summed E-state index contributed by atoms with van der Waals surface area (Å²) in [5.74, 6) is 1.58. The van der Waals surface area contributed by atoms with E-state index in [-0.39, 0.29) is 37.6 Å². The van der Waals surface area contributed by atoms with Crippen LogP contribution in [0.25, 0.3) is 0 Å². The molecule has 5 aromatic carbocycles. The van der Waals surface area contributed by atoms with Gasteiger partial charge >= 0.3 is 0 Å². The number of nitrogens with zero attached hydrogens (tertiary/aromatic N) is 5. The van der Waals surface area contributed by atoms with E-state index in [2.05, 4.69) is 167 Å². The predicted octanol–water partition coefficient (Wildman–Crippen LogP) is 13.4. The SMILES string of the molecule is Cc1c(CO)cccc1C(C)c1cnc[nH]1.Cc1c(CO)cccc1C(C)c1cnc[nH]1.Cc1c(CO)cccc1[C@@H](C)c1cnc[nH]1.Cc1cccc(C(C)c2cnc[nH]2)c1C.Cc1cccc([C@H](C)c2cnc[nH]2)c1C. The molecular formula is C65H80N10O3. The molecular weight excluding hydrogens is 969 g/mol. The highest BCUT2D eigenvalue weighted by molar-refractivity contribution is 5.43. The van der Waals surface area contributed by atoms with Crippen LogP contribution in [0, 0.1) is 48.5 Å². The number of nitrogens with one attached hydrogen (secondary N) is 5. The van der Waals surface area contributed by atoms with Gasteiger partial charge in [-0.3, -0.25) is 0 Å². The summed E-state index contributed by atoms with van der Waals surface area (Å²) in [4.78, 5) is 36.0. The van der Waals surface area contributed by atoms with Crippen LogP contribution in [0.5, 0.6) is 0 Å². The van der Waals surface area contributed by atoms with Gasteiger partial charge in [0.15, 0.2) is 0 Å². The third kappa shape index (κ3) is 14.9. The van der Waals surface area contributed by atoms with E-state index in [0.29, 0.717) is 11.8 Å². The number of hydrogen-bond donors (Lipinski definition) is 8. The summed E-state index contributed by atoms with van der Waals surface area (Å²) >= 11 is 0. The number of H-pyrrole nitrogens is 5. The van der Waals surface area contributed by atoms with Gasteiger partial charge in [-0.25, -0.2) is 24.9 Å². The van der Waals surface area contributed by atoms with Crippen molar-refractivity contribution in [3.05, 3.63) is 266 Å². The van der Waals surface area contributed by atoms with E-state index >= 15 is 0 Å². The molecule has 0 bridgehead atoms. The van der Waals surface area contributed by atoms with Crippen LogP contribution in [0.4, 0.5) is 0 Å². The number of imidazole rings is 5. The summed E-state index contributed by atoms with van der Waals surface area (Å²) in [7, 11) is 0. The second-order valence-corrected chi connectivity index (χ2v) is 20.1. The van der Waals surface area contributed by atoms with Crippen molar-refractivity contribution in [1.82, 2.24) is 49.8 Å². The smallest absolute Gasteiger partial charge is 0.0921 e. The van der Waals surface area contributed by atoms with Crippen molar-refractivity contribution in [3.8, 4) is 0 Å². The minimum absolute atomic E-state index is 0.0926. The van der Waals surface area contributed by atoms with Gasteiger partial charge in [0.05, 0.1) is 51.5 Å². The van der Waals surface area contributed by atoms with Crippen LogP contribution >= 0.6 is 0 Å². The van der Waals surface area contributed by atoms with Crippen molar-refractivity contribution in [2.75, 3.05) is 0 Å². The van der Waals surface area contributed by atoms with Gasteiger partial charge in [-0.2, -0.15) is 0 Å². The molecule has 0 radical (unpaired) electrons. The standard InChI is InChI=1S/3C13H16N2O.2C13H16N2/c3*1-9-11(7-16)4-3-5-12(9)10(2)13-6-14-8-15-13;2*1-9-5-4-6-12(10(9)2)11(3)13-7-14-8-15-13/h3*3-6,8,10,16H,7H2,1-2H3,(H,14,15);2*4-8,11H,1-3H3,(H,14,15)/t10-;;;11-;/m1..0./s1. The minimum Gasteiger partial charge on any atom is -0.392 e. The van der Waals surface area contributed by atoms with E-state index in [0.717, 1.165) is 50.5 Å². The van der Waals surface area contributed by atoms with Gasteiger partial charge in [0.2, 0.25) is 0 Å². The molecule has 8 N–H and O–H groups in total. The van der Waals surface area contributed by atoms with E-state index in [4.69, 9.17) is 0 Å². The Morgan fingerprint density at radius 3 is 0.705 bits per heavy atom. The van der Waals surface area contributed by atoms with Crippen LogP contribution in [0.2, 0.25) is 0 Å². The first-order valence-electron chi connectivity index (χ1n) is 26.7. The van der Waals surface area contributed by atoms with Gasteiger partial charge in [-0.1, -0.05) is 126 Å². The Hall–Kier alpha value is -7.97. The molecule has 5 atom stereocenters. The largest absolute Gasteiger partial charge is 0.392 e. The normalized spacial score (nSPS) is 12.7. The lowest BCUT2D eigenvalue weighted by Gasteiger charge is -2.15. The van der Waals surface area contributed by atoms with Crippen molar-refractivity contribution in [2.45, 2.75) is 132 Å².